The van der Waals surface area contributed by atoms with Gasteiger partial charge in [0.15, 0.2) is 0 Å². The fourth-order valence-corrected chi connectivity index (χ4v) is 1.75. The van der Waals surface area contributed by atoms with Crippen LogP contribution < -0.4 is 10.6 Å². The van der Waals surface area contributed by atoms with E-state index in [1.165, 1.54) is 0 Å². The van der Waals surface area contributed by atoms with E-state index in [-0.39, 0.29) is 11.9 Å². The number of benzene rings is 1. The van der Waals surface area contributed by atoms with Gasteiger partial charge < -0.3 is 10.6 Å². The van der Waals surface area contributed by atoms with E-state index in [9.17, 15) is 4.79 Å². The summed E-state index contributed by atoms with van der Waals surface area (Å²) in [5.74, 6) is 0.0541. The minimum Gasteiger partial charge on any atom is -0.350 e. The summed E-state index contributed by atoms with van der Waals surface area (Å²) in [4.78, 5) is 11.6. The van der Waals surface area contributed by atoms with Crippen molar-refractivity contribution >= 4 is 17.5 Å². The number of rotatable bonds is 6. The zero-order valence-electron chi connectivity index (χ0n) is 10.3. The smallest absolute Gasteiger partial charge is 0.221 e. The summed E-state index contributed by atoms with van der Waals surface area (Å²) in [6.45, 7) is 5.57. The Morgan fingerprint density at radius 3 is 2.88 bits per heavy atom. The highest BCUT2D eigenvalue weighted by Crippen LogP contribution is 2.17. The quantitative estimate of drug-likeness (QED) is 0.766. The van der Waals surface area contributed by atoms with Crippen molar-refractivity contribution in [2.45, 2.75) is 26.3 Å². The average molecular weight is 255 g/mol. The van der Waals surface area contributed by atoms with Crippen molar-refractivity contribution in [3.05, 3.63) is 34.9 Å². The van der Waals surface area contributed by atoms with Crippen LogP contribution >= 0.6 is 11.6 Å². The van der Waals surface area contributed by atoms with Gasteiger partial charge in [0, 0.05) is 18.0 Å². The van der Waals surface area contributed by atoms with Crippen LogP contribution in [0.5, 0.6) is 0 Å². The van der Waals surface area contributed by atoms with E-state index in [4.69, 9.17) is 11.6 Å². The van der Waals surface area contributed by atoms with E-state index in [0.29, 0.717) is 18.0 Å². The molecule has 0 spiro atoms. The molecule has 4 heteroatoms. The highest BCUT2D eigenvalue weighted by Gasteiger charge is 2.09. The van der Waals surface area contributed by atoms with Crippen LogP contribution in [-0.2, 0) is 4.79 Å². The highest BCUT2D eigenvalue weighted by atomic mass is 35.5. The van der Waals surface area contributed by atoms with Gasteiger partial charge in [-0.05, 0) is 31.2 Å². The van der Waals surface area contributed by atoms with Gasteiger partial charge in [-0.2, -0.15) is 0 Å². The molecule has 1 rings (SSSR count). The molecule has 0 saturated heterocycles. The van der Waals surface area contributed by atoms with Gasteiger partial charge in [-0.1, -0.05) is 30.7 Å². The Morgan fingerprint density at radius 2 is 2.24 bits per heavy atom. The second-order valence-electron chi connectivity index (χ2n) is 3.95. The van der Waals surface area contributed by atoms with Crippen molar-refractivity contribution in [3.63, 3.8) is 0 Å². The van der Waals surface area contributed by atoms with Crippen LogP contribution in [0.25, 0.3) is 0 Å². The maximum Gasteiger partial charge on any atom is 0.221 e. The number of hydrogen-bond acceptors (Lipinski definition) is 2. The van der Waals surface area contributed by atoms with Gasteiger partial charge in [-0.3, -0.25) is 4.79 Å². The molecule has 0 fully saturated rings. The third-order valence-corrected chi connectivity index (χ3v) is 2.74. The third-order valence-electron chi connectivity index (χ3n) is 2.51. The van der Waals surface area contributed by atoms with Crippen LogP contribution in [-0.4, -0.2) is 19.0 Å². The predicted molar refractivity (Wildman–Crippen MR) is 71.2 cm³/mol. The number of carbonyl (C=O) groups excluding carboxylic acids is 1. The summed E-state index contributed by atoms with van der Waals surface area (Å²) >= 11 is 5.91. The van der Waals surface area contributed by atoms with Gasteiger partial charge in [0.2, 0.25) is 5.91 Å². The molecule has 1 amide bonds. The van der Waals surface area contributed by atoms with Gasteiger partial charge in [-0.15, -0.1) is 0 Å². The predicted octanol–water partition coefficient (Wildman–Crippen LogP) is 2.52. The lowest BCUT2D eigenvalue weighted by atomic mass is 10.1. The van der Waals surface area contributed by atoms with Gasteiger partial charge in [0.1, 0.15) is 0 Å². The lowest BCUT2D eigenvalue weighted by Crippen LogP contribution is -2.29. The first-order valence-corrected chi connectivity index (χ1v) is 6.26. The molecule has 0 heterocycles. The Bertz CT molecular complexity index is 368. The minimum atomic E-state index is -0.0113. The standard InChI is InChI=1S/C13H19ClN2O/c1-3-15-8-7-13(17)16-10(2)11-5-4-6-12(14)9-11/h4-6,9-10,15H,3,7-8H2,1-2H3,(H,16,17)/t10-/m1/s1. The van der Waals surface area contributed by atoms with Gasteiger partial charge in [0.25, 0.3) is 0 Å². The SMILES string of the molecule is CCNCCC(=O)N[C@H](C)c1cccc(Cl)c1. The van der Waals surface area contributed by atoms with Crippen LogP contribution in [0.15, 0.2) is 24.3 Å². The summed E-state index contributed by atoms with van der Waals surface area (Å²) in [5, 5.41) is 6.76. The van der Waals surface area contributed by atoms with Crippen molar-refractivity contribution in [1.29, 1.82) is 0 Å². The fraction of sp³-hybridized carbons (Fsp3) is 0.462. The molecule has 0 aliphatic heterocycles. The highest BCUT2D eigenvalue weighted by molar-refractivity contribution is 6.30. The van der Waals surface area contributed by atoms with E-state index in [0.717, 1.165) is 12.1 Å². The first-order valence-electron chi connectivity index (χ1n) is 5.89. The van der Waals surface area contributed by atoms with Crippen molar-refractivity contribution in [2.24, 2.45) is 0 Å². The molecule has 1 aromatic carbocycles. The van der Waals surface area contributed by atoms with Crippen LogP contribution in [0, 0.1) is 0 Å². The topological polar surface area (TPSA) is 41.1 Å². The maximum atomic E-state index is 11.6. The lowest BCUT2D eigenvalue weighted by molar-refractivity contribution is -0.121. The van der Waals surface area contributed by atoms with Crippen molar-refractivity contribution < 1.29 is 4.79 Å². The number of hydrogen-bond donors (Lipinski definition) is 2. The van der Waals surface area contributed by atoms with E-state index < -0.39 is 0 Å². The zero-order valence-corrected chi connectivity index (χ0v) is 11.1. The van der Waals surface area contributed by atoms with E-state index in [1.807, 2.05) is 38.1 Å². The second-order valence-corrected chi connectivity index (χ2v) is 4.38. The van der Waals surface area contributed by atoms with Crippen molar-refractivity contribution in [2.75, 3.05) is 13.1 Å². The molecule has 0 aliphatic rings. The zero-order chi connectivity index (χ0) is 12.7. The Kier molecular flexibility index (Phi) is 6.01. The number of halogens is 1. The van der Waals surface area contributed by atoms with Crippen LogP contribution in [0.4, 0.5) is 0 Å². The summed E-state index contributed by atoms with van der Waals surface area (Å²) in [7, 11) is 0. The molecule has 0 radical (unpaired) electrons. The number of nitrogens with one attached hydrogen (secondary N) is 2. The van der Waals surface area contributed by atoms with Crippen molar-refractivity contribution in [1.82, 2.24) is 10.6 Å². The Balaban J connectivity index is 2.43. The van der Waals surface area contributed by atoms with Gasteiger partial charge in [0.05, 0.1) is 6.04 Å². The molecule has 94 valence electrons. The molecule has 0 unspecified atom stereocenters. The molecule has 3 nitrogen and oxygen atoms in total. The van der Waals surface area contributed by atoms with Gasteiger partial charge in [-0.25, -0.2) is 0 Å². The second kappa shape index (κ2) is 7.30. The van der Waals surface area contributed by atoms with E-state index in [2.05, 4.69) is 10.6 Å². The Morgan fingerprint density at radius 1 is 1.47 bits per heavy atom. The summed E-state index contributed by atoms with van der Waals surface area (Å²) < 4.78 is 0. The first kappa shape index (κ1) is 14.0. The van der Waals surface area contributed by atoms with E-state index in [1.54, 1.807) is 0 Å². The molecule has 2 N–H and O–H groups in total. The fourth-order valence-electron chi connectivity index (χ4n) is 1.55. The number of carbonyl (C=O) groups is 1. The third kappa shape index (κ3) is 5.20. The molecule has 0 aliphatic carbocycles. The number of amides is 1. The molecule has 1 aromatic rings. The molecule has 0 bridgehead atoms. The summed E-state index contributed by atoms with van der Waals surface area (Å²) in [6.07, 6.45) is 0.499. The Labute approximate surface area is 108 Å². The molecule has 0 saturated carbocycles. The van der Waals surface area contributed by atoms with Crippen LogP contribution in [0.1, 0.15) is 31.9 Å². The largest absolute Gasteiger partial charge is 0.350 e. The molecular formula is C13H19ClN2O. The van der Waals surface area contributed by atoms with Crippen LogP contribution in [0.2, 0.25) is 5.02 Å². The Hall–Kier alpha value is -1.06. The summed E-state index contributed by atoms with van der Waals surface area (Å²) in [5.41, 5.74) is 1.02. The van der Waals surface area contributed by atoms with E-state index >= 15 is 0 Å². The van der Waals surface area contributed by atoms with Crippen molar-refractivity contribution in [3.8, 4) is 0 Å². The van der Waals surface area contributed by atoms with Crippen LogP contribution in [0.3, 0.4) is 0 Å². The van der Waals surface area contributed by atoms with Gasteiger partial charge >= 0.3 is 0 Å². The normalized spacial score (nSPS) is 12.2. The molecular weight excluding hydrogens is 236 g/mol. The molecule has 1 atom stereocenters. The molecule has 0 aromatic heterocycles. The average Bonchev–Trinajstić information content (AvgIpc) is 2.29. The first-order chi connectivity index (χ1) is 8.13. The lowest BCUT2D eigenvalue weighted by Gasteiger charge is -2.14. The molecule has 17 heavy (non-hydrogen) atoms. The summed E-state index contributed by atoms with van der Waals surface area (Å²) in [6, 6.07) is 7.53. The maximum absolute atomic E-state index is 11.6. The minimum absolute atomic E-state index is 0.0113. The monoisotopic (exact) mass is 254 g/mol.